The summed E-state index contributed by atoms with van der Waals surface area (Å²) in [5.41, 5.74) is 0.626. The number of imide groups is 1. The minimum atomic E-state index is -0.532. The summed E-state index contributed by atoms with van der Waals surface area (Å²) in [6, 6.07) is 6.43. The summed E-state index contributed by atoms with van der Waals surface area (Å²) in [7, 11) is 0. The molecule has 0 aromatic heterocycles. The quantitative estimate of drug-likeness (QED) is 0.428. The van der Waals surface area contributed by atoms with E-state index in [1.54, 1.807) is 24.3 Å². The Hall–Kier alpha value is -0.390. The zero-order chi connectivity index (χ0) is 9.42. The second kappa shape index (κ2) is 4.42. The molecule has 1 aromatic rings. The number of rotatable bonds is 1. The third kappa shape index (κ3) is 1.60. The van der Waals surface area contributed by atoms with Crippen molar-refractivity contribution in [3.05, 3.63) is 35.4 Å². The fraction of sp³-hybridized carbons (Fsp3) is 0. The number of carbonyl (C=O) groups excluding carboxylic acids is 2. The maximum atomic E-state index is 11.3. The molecule has 0 unspecified atom stereocenters. The molecule has 0 atom stereocenters. The zero-order valence-electron chi connectivity index (χ0n) is 8.36. The Morgan fingerprint density at radius 1 is 1.14 bits per heavy atom. The van der Waals surface area contributed by atoms with Crippen LogP contribution in [0.15, 0.2) is 24.3 Å². The average molecular weight is 222 g/mol. The molecule has 2 rings (SSSR count). The summed E-state index contributed by atoms with van der Waals surface area (Å²) in [5, 5.41) is 0.520. The number of benzene rings is 1. The zero-order valence-corrected chi connectivity index (χ0v) is 10.1. The number of hydrogen-bond acceptors (Lipinski definition) is 3. The Kier molecular flexibility index (Phi) is 3.69. The molecule has 1 aromatic carbocycles. The van der Waals surface area contributed by atoms with Crippen LogP contribution in [0.2, 0.25) is 0 Å². The minimum Gasteiger partial charge on any atom is -1.00 e. The second-order valence-electron chi connectivity index (χ2n) is 2.52. The van der Waals surface area contributed by atoms with Crippen molar-refractivity contribution in [3.8, 4) is 0 Å². The molecule has 0 fully saturated rings. The van der Waals surface area contributed by atoms with E-state index < -0.39 is 11.8 Å². The fourth-order valence-electron chi connectivity index (χ4n) is 1.23. The summed E-state index contributed by atoms with van der Waals surface area (Å²) < 4.78 is 4.12. The predicted molar refractivity (Wildman–Crippen MR) is 45.0 cm³/mol. The molecule has 0 saturated heterocycles. The van der Waals surface area contributed by atoms with E-state index >= 15 is 0 Å². The Labute approximate surface area is 109 Å². The van der Waals surface area contributed by atoms with Gasteiger partial charge in [0.05, 0.1) is 23.0 Å². The molecule has 6 heteroatoms. The van der Waals surface area contributed by atoms with Gasteiger partial charge in [-0.2, -0.15) is 0 Å². The standard InChI is InChI=1S/C8H4ClNO3.Na.H/c9-13-10-7(11)5-3-1-2-4-6(5)8(10)12;;/h1-4H;;/q;+1;-1. The molecule has 0 aliphatic carbocycles. The van der Waals surface area contributed by atoms with Crippen LogP contribution in [0.4, 0.5) is 0 Å². The van der Waals surface area contributed by atoms with E-state index in [4.69, 9.17) is 11.9 Å². The first-order chi connectivity index (χ1) is 6.25. The Morgan fingerprint density at radius 2 is 1.57 bits per heavy atom. The molecule has 1 heterocycles. The van der Waals surface area contributed by atoms with Gasteiger partial charge >= 0.3 is 29.6 Å². The average Bonchev–Trinajstić information content (AvgIpc) is 2.41. The summed E-state index contributed by atoms with van der Waals surface area (Å²) in [5.74, 6) is -1.06. The smallest absolute Gasteiger partial charge is 1.00 e. The van der Waals surface area contributed by atoms with Crippen LogP contribution in [0.1, 0.15) is 22.1 Å². The van der Waals surface area contributed by atoms with Crippen LogP contribution in [0.25, 0.3) is 0 Å². The van der Waals surface area contributed by atoms with Crippen molar-refractivity contribution in [3.63, 3.8) is 0 Å². The first-order valence-electron chi connectivity index (χ1n) is 3.52. The molecule has 0 N–H and O–H groups in total. The molecule has 0 saturated carbocycles. The van der Waals surface area contributed by atoms with Crippen LogP contribution in [0.5, 0.6) is 0 Å². The van der Waals surface area contributed by atoms with Crippen LogP contribution in [-0.4, -0.2) is 16.9 Å². The second-order valence-corrected chi connectivity index (χ2v) is 2.66. The van der Waals surface area contributed by atoms with E-state index in [1.165, 1.54) is 0 Å². The number of nitrogens with zero attached hydrogens (tertiary/aromatic N) is 1. The van der Waals surface area contributed by atoms with E-state index in [0.717, 1.165) is 0 Å². The Balaban J connectivity index is 0.000000980. The summed E-state index contributed by atoms with van der Waals surface area (Å²) in [4.78, 5) is 22.7. The van der Waals surface area contributed by atoms with Crippen molar-refractivity contribution in [1.82, 2.24) is 5.06 Å². The molecule has 4 nitrogen and oxygen atoms in total. The number of carbonyl (C=O) groups is 2. The number of halogens is 1. The van der Waals surface area contributed by atoms with Gasteiger partial charge in [0.1, 0.15) is 0 Å². The number of hydrogen-bond donors (Lipinski definition) is 0. The van der Waals surface area contributed by atoms with Gasteiger partial charge in [-0.25, -0.2) is 0 Å². The van der Waals surface area contributed by atoms with Crippen molar-refractivity contribution in [2.24, 2.45) is 0 Å². The largest absolute Gasteiger partial charge is 1.00 e. The molecule has 0 spiro atoms. The maximum absolute atomic E-state index is 11.3. The molecule has 1 aliphatic heterocycles. The molecule has 0 bridgehead atoms. The van der Waals surface area contributed by atoms with Crippen molar-refractivity contribution in [1.29, 1.82) is 0 Å². The normalized spacial score (nSPS) is 13.9. The Morgan fingerprint density at radius 3 is 1.93 bits per heavy atom. The SMILES string of the molecule is O=C1c2ccccc2C(=O)N1OCl.[H-].[Na+]. The minimum absolute atomic E-state index is 0. The van der Waals surface area contributed by atoms with Gasteiger partial charge in [-0.05, 0) is 12.1 Å². The van der Waals surface area contributed by atoms with Gasteiger partial charge in [-0.1, -0.05) is 12.1 Å². The predicted octanol–water partition coefficient (Wildman–Crippen LogP) is -1.52. The third-order valence-electron chi connectivity index (χ3n) is 1.83. The summed E-state index contributed by atoms with van der Waals surface area (Å²) in [6.45, 7) is 0. The molecule has 68 valence electrons. The van der Waals surface area contributed by atoms with Crippen molar-refractivity contribution in [2.45, 2.75) is 0 Å². The van der Waals surface area contributed by atoms with Gasteiger partial charge in [-0.15, -0.1) is 9.45 Å². The Bertz CT molecular complexity index is 366. The maximum Gasteiger partial charge on any atom is 1.00 e. The first-order valence-corrected chi connectivity index (χ1v) is 3.83. The van der Waals surface area contributed by atoms with Crippen molar-refractivity contribution in [2.75, 3.05) is 0 Å². The van der Waals surface area contributed by atoms with Gasteiger partial charge in [0, 0.05) is 0 Å². The number of fused-ring (bicyclic) bond motifs is 1. The molecular formula is C8H5ClNNaO3. The topological polar surface area (TPSA) is 46.6 Å². The van der Waals surface area contributed by atoms with Crippen LogP contribution >= 0.6 is 11.9 Å². The van der Waals surface area contributed by atoms with E-state index in [2.05, 4.69) is 4.39 Å². The number of amides is 2. The van der Waals surface area contributed by atoms with Crippen molar-refractivity contribution < 1.29 is 45.0 Å². The molecule has 0 radical (unpaired) electrons. The van der Waals surface area contributed by atoms with Crippen LogP contribution in [0.3, 0.4) is 0 Å². The fourth-order valence-corrected chi connectivity index (χ4v) is 1.36. The van der Waals surface area contributed by atoms with Gasteiger partial charge in [0.25, 0.3) is 11.8 Å². The summed E-state index contributed by atoms with van der Waals surface area (Å²) >= 11 is 4.97. The first kappa shape index (κ1) is 11.7. The van der Waals surface area contributed by atoms with Crippen LogP contribution in [0, 0.1) is 0 Å². The molecular weight excluding hydrogens is 217 g/mol. The van der Waals surface area contributed by atoms with Crippen LogP contribution in [-0.2, 0) is 4.39 Å². The summed E-state index contributed by atoms with van der Waals surface area (Å²) in [6.07, 6.45) is 0. The van der Waals surface area contributed by atoms with E-state index in [1.807, 2.05) is 0 Å². The van der Waals surface area contributed by atoms with E-state index in [9.17, 15) is 9.59 Å². The number of hydroxylamine groups is 2. The third-order valence-corrected chi connectivity index (χ3v) is 1.96. The van der Waals surface area contributed by atoms with Crippen LogP contribution < -0.4 is 29.6 Å². The molecule has 14 heavy (non-hydrogen) atoms. The molecule has 1 aliphatic rings. The monoisotopic (exact) mass is 221 g/mol. The molecule has 2 amide bonds. The van der Waals surface area contributed by atoms with Gasteiger partial charge < -0.3 is 1.43 Å². The van der Waals surface area contributed by atoms with Gasteiger partial charge in [-0.3, -0.25) is 9.59 Å². The van der Waals surface area contributed by atoms with E-state index in [-0.39, 0.29) is 31.0 Å². The van der Waals surface area contributed by atoms with E-state index in [0.29, 0.717) is 16.2 Å². The van der Waals surface area contributed by atoms with Crippen molar-refractivity contribution >= 4 is 23.7 Å². The van der Waals surface area contributed by atoms with Gasteiger partial charge in [0.2, 0.25) is 0 Å². The van der Waals surface area contributed by atoms with Gasteiger partial charge in [0.15, 0.2) is 0 Å².